The van der Waals surface area contributed by atoms with Gasteiger partial charge < -0.3 is 31.4 Å². The Balaban J connectivity index is 1.55. The molecule has 39 heavy (non-hydrogen) atoms. The molecule has 1 aliphatic heterocycles. The normalized spacial score (nSPS) is 14.6. The molecule has 0 spiro atoms. The zero-order chi connectivity index (χ0) is 27.9. The van der Waals surface area contributed by atoms with Gasteiger partial charge in [-0.3, -0.25) is 19.3 Å². The van der Waals surface area contributed by atoms with Crippen molar-refractivity contribution in [1.82, 2.24) is 29.7 Å². The van der Waals surface area contributed by atoms with Crippen molar-refractivity contribution in [2.24, 2.45) is 16.5 Å². The van der Waals surface area contributed by atoms with Crippen molar-refractivity contribution in [3.63, 3.8) is 0 Å². The summed E-state index contributed by atoms with van der Waals surface area (Å²) in [6.07, 6.45) is 2.36. The molecule has 0 aliphatic carbocycles. The van der Waals surface area contributed by atoms with Crippen LogP contribution in [0.25, 0.3) is 16.7 Å². The monoisotopic (exact) mass is 537 g/mol. The second-order valence-electron chi connectivity index (χ2n) is 10.2. The van der Waals surface area contributed by atoms with Crippen LogP contribution in [0.15, 0.2) is 40.2 Å². The molecule has 3 aromatic rings. The van der Waals surface area contributed by atoms with Crippen molar-refractivity contribution in [1.29, 1.82) is 0 Å². The second-order valence-corrected chi connectivity index (χ2v) is 10.2. The number of guanidine groups is 1. The minimum atomic E-state index is -0.417. The smallest absolute Gasteiger partial charge is 0.354 e. The Morgan fingerprint density at radius 1 is 1.21 bits per heavy atom. The van der Waals surface area contributed by atoms with Crippen LogP contribution in [-0.4, -0.2) is 95.7 Å². The summed E-state index contributed by atoms with van der Waals surface area (Å²) in [5.74, 6) is 0.442. The number of aromatic nitrogens is 3. The van der Waals surface area contributed by atoms with Gasteiger partial charge in [-0.25, -0.2) is 4.79 Å². The summed E-state index contributed by atoms with van der Waals surface area (Å²) >= 11 is 0. The van der Waals surface area contributed by atoms with Crippen LogP contribution in [0.4, 0.5) is 0 Å². The van der Waals surface area contributed by atoms with E-state index in [1.165, 1.54) is 4.57 Å². The van der Waals surface area contributed by atoms with Gasteiger partial charge in [-0.05, 0) is 37.6 Å². The Morgan fingerprint density at radius 2 is 1.97 bits per heavy atom. The van der Waals surface area contributed by atoms with E-state index in [0.29, 0.717) is 48.8 Å². The number of H-pyrrole nitrogens is 1. The molecule has 210 valence electrons. The first-order valence-corrected chi connectivity index (χ1v) is 13.4. The van der Waals surface area contributed by atoms with E-state index in [4.69, 9.17) is 16.2 Å². The fourth-order valence-electron chi connectivity index (χ4n) is 4.42. The number of likely N-dealkylation sites (N-methyl/N-ethyl adjacent to an activating group) is 1. The number of ether oxygens (including phenoxy) is 1. The standard InChI is InChI=1S/C27H39N9O3/c1-18(2)22-15-19-17-36(27(38)33-24(19)32-22)20-5-6-21(25(37)30-7-4-8-31-26(28)29)23(16-20)39-14-13-35-11-9-34(3)10-12-35/h5-6,15-18H,4,7-14H2,1-3H3,(H,30,37)(H4,28,29,31)(H,32,33,38). The summed E-state index contributed by atoms with van der Waals surface area (Å²) in [6.45, 7) is 10.1. The van der Waals surface area contributed by atoms with Gasteiger partial charge in [0.2, 0.25) is 0 Å². The van der Waals surface area contributed by atoms with Crippen molar-refractivity contribution in [3.05, 3.63) is 52.2 Å². The molecule has 0 saturated carbocycles. The highest BCUT2D eigenvalue weighted by molar-refractivity contribution is 5.97. The Hall–Kier alpha value is -3.90. The molecule has 1 aliphatic rings. The minimum Gasteiger partial charge on any atom is -0.491 e. The van der Waals surface area contributed by atoms with Gasteiger partial charge in [-0.15, -0.1) is 0 Å². The summed E-state index contributed by atoms with van der Waals surface area (Å²) in [7, 11) is 2.12. The maximum absolute atomic E-state index is 13.0. The number of aliphatic imine (C=N–C) groups is 1. The Bertz CT molecular complexity index is 1370. The summed E-state index contributed by atoms with van der Waals surface area (Å²) in [6, 6.07) is 7.13. The minimum absolute atomic E-state index is 0.0240. The summed E-state index contributed by atoms with van der Waals surface area (Å²) < 4.78 is 7.64. The first-order valence-electron chi connectivity index (χ1n) is 13.4. The molecule has 0 bridgehead atoms. The summed E-state index contributed by atoms with van der Waals surface area (Å²) in [4.78, 5) is 42.0. The third kappa shape index (κ3) is 7.36. The van der Waals surface area contributed by atoms with Gasteiger partial charge >= 0.3 is 5.69 Å². The number of carbonyl (C=O) groups is 1. The van der Waals surface area contributed by atoms with E-state index in [0.717, 1.165) is 43.8 Å². The number of nitrogens with two attached hydrogens (primary N) is 2. The van der Waals surface area contributed by atoms with Gasteiger partial charge in [0.15, 0.2) is 5.96 Å². The number of aromatic amines is 1. The molecule has 2 aromatic heterocycles. The molecule has 0 radical (unpaired) electrons. The van der Waals surface area contributed by atoms with Crippen LogP contribution in [0.2, 0.25) is 0 Å². The fraction of sp³-hybridized carbons (Fsp3) is 0.481. The lowest BCUT2D eigenvalue weighted by molar-refractivity contribution is 0.0947. The third-order valence-corrected chi connectivity index (χ3v) is 6.81. The van der Waals surface area contributed by atoms with Crippen molar-refractivity contribution < 1.29 is 9.53 Å². The van der Waals surface area contributed by atoms with E-state index in [-0.39, 0.29) is 17.8 Å². The first kappa shape index (κ1) is 28.1. The summed E-state index contributed by atoms with van der Waals surface area (Å²) in [5.41, 5.74) is 12.8. The maximum atomic E-state index is 13.0. The molecule has 1 saturated heterocycles. The molecular weight excluding hydrogens is 498 g/mol. The highest BCUT2D eigenvalue weighted by Crippen LogP contribution is 2.24. The molecule has 1 aromatic carbocycles. The fourth-order valence-corrected chi connectivity index (χ4v) is 4.42. The molecule has 12 heteroatoms. The van der Waals surface area contributed by atoms with Crippen LogP contribution >= 0.6 is 0 Å². The lowest BCUT2D eigenvalue weighted by Gasteiger charge is -2.32. The largest absolute Gasteiger partial charge is 0.491 e. The number of nitrogens with zero attached hydrogens (tertiary/aromatic N) is 5. The van der Waals surface area contributed by atoms with E-state index < -0.39 is 5.69 Å². The zero-order valence-corrected chi connectivity index (χ0v) is 22.9. The third-order valence-electron chi connectivity index (χ3n) is 6.81. The average Bonchev–Trinajstić information content (AvgIpc) is 3.32. The Morgan fingerprint density at radius 3 is 2.69 bits per heavy atom. The predicted molar refractivity (Wildman–Crippen MR) is 153 cm³/mol. The predicted octanol–water partition coefficient (Wildman–Crippen LogP) is 0.857. The van der Waals surface area contributed by atoms with E-state index in [2.05, 4.69) is 51.0 Å². The summed E-state index contributed by atoms with van der Waals surface area (Å²) in [5, 5.41) is 3.73. The Kier molecular flexibility index (Phi) is 9.20. The van der Waals surface area contributed by atoms with Crippen molar-refractivity contribution in [3.8, 4) is 11.4 Å². The van der Waals surface area contributed by atoms with E-state index >= 15 is 0 Å². The molecule has 6 N–H and O–H groups in total. The number of rotatable bonds is 11. The van der Waals surface area contributed by atoms with Crippen molar-refractivity contribution in [2.45, 2.75) is 26.2 Å². The van der Waals surface area contributed by atoms with Crippen molar-refractivity contribution in [2.75, 3.05) is 59.5 Å². The lowest BCUT2D eigenvalue weighted by atomic mass is 10.1. The molecule has 1 amide bonds. The van der Waals surface area contributed by atoms with Crippen LogP contribution in [0, 0.1) is 0 Å². The second kappa shape index (κ2) is 12.8. The van der Waals surface area contributed by atoms with Crippen LogP contribution in [0.1, 0.15) is 42.2 Å². The number of amides is 1. The number of nitrogens with one attached hydrogen (secondary N) is 2. The number of carbonyl (C=O) groups excluding carboxylic acids is 1. The number of hydrogen-bond donors (Lipinski definition) is 4. The average molecular weight is 538 g/mol. The number of benzene rings is 1. The quantitative estimate of drug-likeness (QED) is 0.159. The van der Waals surface area contributed by atoms with E-state index in [1.54, 1.807) is 24.4 Å². The first-order chi connectivity index (χ1) is 18.7. The van der Waals surface area contributed by atoms with Crippen LogP contribution in [0.5, 0.6) is 5.75 Å². The zero-order valence-electron chi connectivity index (χ0n) is 22.9. The molecular formula is C27H39N9O3. The lowest BCUT2D eigenvalue weighted by Crippen LogP contribution is -2.45. The van der Waals surface area contributed by atoms with Gasteiger partial charge in [-0.2, -0.15) is 4.98 Å². The number of hydrogen-bond acceptors (Lipinski definition) is 7. The number of fused-ring (bicyclic) bond motifs is 1. The van der Waals surface area contributed by atoms with Gasteiger partial charge in [0, 0.05) is 69.2 Å². The molecule has 0 atom stereocenters. The van der Waals surface area contributed by atoms with Gasteiger partial charge in [-0.1, -0.05) is 13.8 Å². The van der Waals surface area contributed by atoms with E-state index in [9.17, 15) is 9.59 Å². The highest BCUT2D eigenvalue weighted by atomic mass is 16.5. The van der Waals surface area contributed by atoms with Gasteiger partial charge in [0.05, 0.1) is 11.3 Å². The number of piperazine rings is 1. The van der Waals surface area contributed by atoms with Crippen LogP contribution < -0.4 is 27.2 Å². The van der Waals surface area contributed by atoms with Crippen LogP contribution in [0.3, 0.4) is 0 Å². The SMILES string of the molecule is CC(C)c1cc2cn(-c3ccc(C(=O)NCCCN=C(N)N)c(OCCN4CCN(C)CC4)c3)c(=O)nc2[nH]1. The molecule has 12 nitrogen and oxygen atoms in total. The van der Waals surface area contributed by atoms with Gasteiger partial charge in [0.25, 0.3) is 5.91 Å². The van der Waals surface area contributed by atoms with Crippen LogP contribution in [-0.2, 0) is 0 Å². The molecule has 1 fully saturated rings. The Labute approximate surface area is 228 Å². The maximum Gasteiger partial charge on any atom is 0.354 e. The molecule has 3 heterocycles. The molecule has 0 unspecified atom stereocenters. The van der Waals surface area contributed by atoms with E-state index in [1.807, 2.05) is 6.07 Å². The topological polar surface area (TPSA) is 160 Å². The molecule has 4 rings (SSSR count). The highest BCUT2D eigenvalue weighted by Gasteiger charge is 2.18. The van der Waals surface area contributed by atoms with Crippen molar-refractivity contribution >= 4 is 22.9 Å². The van der Waals surface area contributed by atoms with Gasteiger partial charge in [0.1, 0.15) is 18.0 Å².